The van der Waals surface area contributed by atoms with Crippen molar-refractivity contribution in [1.29, 1.82) is 0 Å². The second-order valence-corrected chi connectivity index (χ2v) is 5.58. The Morgan fingerprint density at radius 2 is 1.81 bits per heavy atom. The number of nitrogens with zero attached hydrogens (tertiary/aromatic N) is 1. The lowest BCUT2D eigenvalue weighted by atomic mass is 9.85. The van der Waals surface area contributed by atoms with Gasteiger partial charge in [-0.3, -0.25) is 0 Å². The van der Waals surface area contributed by atoms with Gasteiger partial charge >= 0.3 is 0 Å². The number of aliphatic hydroxyl groups excluding tert-OH is 1. The predicted molar refractivity (Wildman–Crippen MR) is 81.7 cm³/mol. The predicted octanol–water partition coefficient (Wildman–Crippen LogP) is 1.80. The summed E-state index contributed by atoms with van der Waals surface area (Å²) in [4.78, 5) is 2.14. The number of rotatable bonds is 4. The van der Waals surface area contributed by atoms with Crippen LogP contribution in [-0.2, 0) is 0 Å². The first-order valence-corrected chi connectivity index (χ1v) is 7.19. The van der Waals surface area contributed by atoms with E-state index in [4.69, 9.17) is 14.2 Å². The molecule has 0 saturated carbocycles. The lowest BCUT2D eigenvalue weighted by Gasteiger charge is -2.35. The van der Waals surface area contributed by atoms with Crippen LogP contribution in [0, 0.1) is 6.92 Å². The number of ether oxygens (including phenoxy) is 3. The van der Waals surface area contributed by atoms with E-state index in [1.54, 1.807) is 21.3 Å². The second-order valence-electron chi connectivity index (χ2n) is 5.58. The molecule has 21 heavy (non-hydrogen) atoms. The van der Waals surface area contributed by atoms with E-state index in [2.05, 4.69) is 4.90 Å². The maximum Gasteiger partial charge on any atom is 0.132 e. The van der Waals surface area contributed by atoms with Crippen molar-refractivity contribution in [3.63, 3.8) is 0 Å². The first-order chi connectivity index (χ1) is 10.0. The van der Waals surface area contributed by atoms with Crippen molar-refractivity contribution in [1.82, 2.24) is 4.90 Å². The average molecular weight is 295 g/mol. The Labute approximate surface area is 126 Å². The van der Waals surface area contributed by atoms with E-state index in [9.17, 15) is 5.11 Å². The molecule has 2 unspecified atom stereocenters. The second kappa shape index (κ2) is 6.54. The molecule has 0 aromatic heterocycles. The Balaban J connectivity index is 2.53. The van der Waals surface area contributed by atoms with Crippen LogP contribution in [0.5, 0.6) is 17.2 Å². The van der Waals surface area contributed by atoms with Crippen LogP contribution >= 0.6 is 0 Å². The standard InChI is InChI=1S/C16H25NO4/c1-10-13(19-3)8-14(20-4)15(16(10)21-5)11-6-7-17(2)9-12(11)18/h8,11-12,18H,6-7,9H2,1-5H3. The van der Waals surface area contributed by atoms with Crippen LogP contribution in [0.3, 0.4) is 0 Å². The highest BCUT2D eigenvalue weighted by molar-refractivity contribution is 5.58. The number of piperidine rings is 1. The van der Waals surface area contributed by atoms with E-state index in [-0.39, 0.29) is 5.92 Å². The molecule has 1 heterocycles. The van der Waals surface area contributed by atoms with Crippen LogP contribution in [0.15, 0.2) is 6.07 Å². The third kappa shape index (κ3) is 2.94. The van der Waals surface area contributed by atoms with E-state index in [1.165, 1.54) is 0 Å². The lowest BCUT2D eigenvalue weighted by Crippen LogP contribution is -2.40. The number of aliphatic hydroxyl groups is 1. The molecule has 1 saturated heterocycles. The summed E-state index contributed by atoms with van der Waals surface area (Å²) in [7, 11) is 6.93. The normalized spacial score (nSPS) is 23.0. The van der Waals surface area contributed by atoms with Crippen LogP contribution < -0.4 is 14.2 Å². The van der Waals surface area contributed by atoms with Gasteiger partial charge in [-0.25, -0.2) is 0 Å². The smallest absolute Gasteiger partial charge is 0.132 e. The van der Waals surface area contributed by atoms with Crippen molar-refractivity contribution in [3.8, 4) is 17.2 Å². The first kappa shape index (κ1) is 15.9. The fourth-order valence-electron chi connectivity index (χ4n) is 3.15. The van der Waals surface area contributed by atoms with E-state index >= 15 is 0 Å². The van der Waals surface area contributed by atoms with Gasteiger partial charge in [0.2, 0.25) is 0 Å². The quantitative estimate of drug-likeness (QED) is 0.918. The Hall–Kier alpha value is -1.46. The van der Waals surface area contributed by atoms with Crippen molar-refractivity contribution >= 4 is 0 Å². The van der Waals surface area contributed by atoms with Crippen molar-refractivity contribution in [3.05, 3.63) is 17.2 Å². The van der Waals surface area contributed by atoms with Crippen molar-refractivity contribution in [2.24, 2.45) is 0 Å². The van der Waals surface area contributed by atoms with Crippen LogP contribution in [0.4, 0.5) is 0 Å². The van der Waals surface area contributed by atoms with Gasteiger partial charge < -0.3 is 24.2 Å². The zero-order chi connectivity index (χ0) is 15.6. The third-order valence-electron chi connectivity index (χ3n) is 4.28. The summed E-state index contributed by atoms with van der Waals surface area (Å²) in [6.07, 6.45) is 0.440. The monoisotopic (exact) mass is 295 g/mol. The van der Waals surface area contributed by atoms with Crippen molar-refractivity contribution in [2.75, 3.05) is 41.5 Å². The van der Waals surface area contributed by atoms with E-state index in [0.717, 1.165) is 35.6 Å². The minimum absolute atomic E-state index is 0.00991. The molecular weight excluding hydrogens is 270 g/mol. The number of hydrogen-bond donors (Lipinski definition) is 1. The molecule has 1 fully saturated rings. The maximum absolute atomic E-state index is 10.5. The highest BCUT2D eigenvalue weighted by Crippen LogP contribution is 2.45. The molecule has 1 aromatic carbocycles. The lowest BCUT2D eigenvalue weighted by molar-refractivity contribution is 0.0619. The molecule has 0 aliphatic carbocycles. The van der Waals surface area contributed by atoms with Gasteiger partial charge in [-0.2, -0.15) is 0 Å². The number of likely N-dealkylation sites (tertiary alicyclic amines) is 1. The fraction of sp³-hybridized carbons (Fsp3) is 0.625. The van der Waals surface area contributed by atoms with Crippen LogP contribution in [0.25, 0.3) is 0 Å². The topological polar surface area (TPSA) is 51.2 Å². The fourth-order valence-corrected chi connectivity index (χ4v) is 3.15. The maximum atomic E-state index is 10.5. The highest BCUT2D eigenvalue weighted by atomic mass is 16.5. The van der Waals surface area contributed by atoms with Crippen molar-refractivity contribution in [2.45, 2.75) is 25.4 Å². The van der Waals surface area contributed by atoms with E-state index < -0.39 is 6.10 Å². The Bertz CT molecular complexity index is 504. The van der Waals surface area contributed by atoms with Crippen LogP contribution in [0.1, 0.15) is 23.5 Å². The van der Waals surface area contributed by atoms with E-state index in [1.807, 2.05) is 20.0 Å². The average Bonchev–Trinajstić information content (AvgIpc) is 2.47. The molecule has 1 aliphatic rings. The van der Waals surface area contributed by atoms with Crippen LogP contribution in [0.2, 0.25) is 0 Å². The Morgan fingerprint density at radius 1 is 1.14 bits per heavy atom. The molecule has 5 nitrogen and oxygen atoms in total. The molecule has 0 amide bonds. The van der Waals surface area contributed by atoms with Gasteiger partial charge in [0, 0.05) is 29.7 Å². The highest BCUT2D eigenvalue weighted by Gasteiger charge is 2.33. The summed E-state index contributed by atoms with van der Waals surface area (Å²) >= 11 is 0. The van der Waals surface area contributed by atoms with Gasteiger partial charge in [0.15, 0.2) is 0 Å². The Morgan fingerprint density at radius 3 is 2.33 bits per heavy atom. The minimum Gasteiger partial charge on any atom is -0.496 e. The number of likely N-dealkylation sites (N-methyl/N-ethyl adjacent to an activating group) is 1. The van der Waals surface area contributed by atoms with Gasteiger partial charge in [0.1, 0.15) is 17.2 Å². The summed E-state index contributed by atoms with van der Waals surface area (Å²) < 4.78 is 16.5. The molecule has 2 rings (SSSR count). The Kier molecular flexibility index (Phi) is 4.96. The van der Waals surface area contributed by atoms with Crippen molar-refractivity contribution < 1.29 is 19.3 Å². The third-order valence-corrected chi connectivity index (χ3v) is 4.28. The molecule has 1 aliphatic heterocycles. The number of β-amino-alcohol motifs (C(OH)–C–C–N with tert-alkyl or cyclic N) is 1. The number of benzene rings is 1. The molecule has 5 heteroatoms. The van der Waals surface area contributed by atoms with Gasteiger partial charge in [-0.05, 0) is 26.9 Å². The van der Waals surface area contributed by atoms with E-state index in [0.29, 0.717) is 12.3 Å². The molecule has 1 N–H and O–H groups in total. The SMILES string of the molecule is COc1cc(OC)c(C2CCN(C)CC2O)c(OC)c1C. The summed E-state index contributed by atoms with van der Waals surface area (Å²) in [5, 5.41) is 10.5. The summed E-state index contributed by atoms with van der Waals surface area (Å²) in [6.45, 7) is 3.56. The van der Waals surface area contributed by atoms with Gasteiger partial charge in [0.05, 0.1) is 27.4 Å². The van der Waals surface area contributed by atoms with Gasteiger partial charge in [-0.1, -0.05) is 0 Å². The first-order valence-electron chi connectivity index (χ1n) is 7.19. The number of methoxy groups -OCH3 is 3. The zero-order valence-corrected chi connectivity index (χ0v) is 13.5. The molecule has 0 bridgehead atoms. The largest absolute Gasteiger partial charge is 0.496 e. The zero-order valence-electron chi connectivity index (χ0n) is 13.5. The minimum atomic E-state index is -0.431. The molecule has 1 aromatic rings. The van der Waals surface area contributed by atoms with Crippen LogP contribution in [-0.4, -0.2) is 57.6 Å². The van der Waals surface area contributed by atoms with Gasteiger partial charge in [0.25, 0.3) is 0 Å². The molecule has 2 atom stereocenters. The summed E-state index contributed by atoms with van der Waals surface area (Å²) in [6, 6.07) is 1.87. The summed E-state index contributed by atoms with van der Waals surface area (Å²) in [5.41, 5.74) is 1.88. The van der Waals surface area contributed by atoms with Gasteiger partial charge in [-0.15, -0.1) is 0 Å². The number of hydrogen-bond acceptors (Lipinski definition) is 5. The molecule has 0 spiro atoms. The molecule has 0 radical (unpaired) electrons. The summed E-state index contributed by atoms with van der Waals surface area (Å²) in [5.74, 6) is 2.20. The molecule has 118 valence electrons. The molecular formula is C16H25NO4.